The molecule has 4 nitrogen and oxygen atoms in total. The van der Waals surface area contributed by atoms with Gasteiger partial charge in [0.25, 0.3) is 0 Å². The third kappa shape index (κ3) is 3.16. The number of hydrogen-bond acceptors (Lipinski definition) is 3. The molecule has 0 aliphatic rings. The Morgan fingerprint density at radius 3 is 2.40 bits per heavy atom. The van der Waals surface area contributed by atoms with Crippen LogP contribution in [0.3, 0.4) is 0 Å². The third-order valence-corrected chi connectivity index (χ3v) is 1.61. The number of aromatic carboxylic acids is 1. The van der Waals surface area contributed by atoms with Crippen molar-refractivity contribution in [2.24, 2.45) is 0 Å². The number of benzene rings is 1. The van der Waals surface area contributed by atoms with Crippen molar-refractivity contribution in [3.05, 3.63) is 23.8 Å². The van der Waals surface area contributed by atoms with E-state index in [1.807, 2.05) is 20.8 Å². The van der Waals surface area contributed by atoms with E-state index in [1.54, 1.807) is 0 Å². The number of hydrogen-bond donors (Lipinski definition) is 2. The van der Waals surface area contributed by atoms with Crippen molar-refractivity contribution in [1.82, 2.24) is 0 Å². The fourth-order valence-corrected chi connectivity index (χ4v) is 1.10. The number of carboxylic acids is 1. The SMILES string of the molecule is CC(C)(C)Oc1cc(O)ccc1C(=O)O. The minimum atomic E-state index is -1.07. The highest BCUT2D eigenvalue weighted by Gasteiger charge is 2.18. The van der Waals surface area contributed by atoms with Crippen LogP contribution in [0.2, 0.25) is 0 Å². The van der Waals surface area contributed by atoms with E-state index in [2.05, 4.69) is 0 Å². The van der Waals surface area contributed by atoms with Crippen LogP contribution in [0.25, 0.3) is 0 Å². The molecule has 4 heteroatoms. The summed E-state index contributed by atoms with van der Waals surface area (Å²) in [4.78, 5) is 10.9. The predicted molar refractivity (Wildman–Crippen MR) is 55.4 cm³/mol. The molecule has 1 aromatic carbocycles. The van der Waals surface area contributed by atoms with E-state index < -0.39 is 11.6 Å². The lowest BCUT2D eigenvalue weighted by atomic mass is 10.1. The van der Waals surface area contributed by atoms with Crippen molar-refractivity contribution < 1.29 is 19.7 Å². The van der Waals surface area contributed by atoms with Crippen molar-refractivity contribution in [3.8, 4) is 11.5 Å². The van der Waals surface area contributed by atoms with Crippen LogP contribution in [0.4, 0.5) is 0 Å². The van der Waals surface area contributed by atoms with Crippen LogP contribution >= 0.6 is 0 Å². The van der Waals surface area contributed by atoms with Gasteiger partial charge in [0, 0.05) is 6.07 Å². The second-order valence-corrected chi connectivity index (χ2v) is 4.20. The average Bonchev–Trinajstić information content (AvgIpc) is 1.99. The van der Waals surface area contributed by atoms with E-state index >= 15 is 0 Å². The molecule has 1 aromatic rings. The zero-order chi connectivity index (χ0) is 11.6. The molecule has 2 N–H and O–H groups in total. The summed E-state index contributed by atoms with van der Waals surface area (Å²) in [5, 5.41) is 18.1. The maximum Gasteiger partial charge on any atom is 0.339 e. The maximum atomic E-state index is 10.9. The summed E-state index contributed by atoms with van der Waals surface area (Å²) in [7, 11) is 0. The molecule has 0 spiro atoms. The van der Waals surface area contributed by atoms with Gasteiger partial charge in [-0.2, -0.15) is 0 Å². The van der Waals surface area contributed by atoms with Gasteiger partial charge in [-0.15, -0.1) is 0 Å². The Kier molecular flexibility index (Phi) is 2.88. The number of rotatable bonds is 2. The summed E-state index contributed by atoms with van der Waals surface area (Å²) < 4.78 is 5.43. The van der Waals surface area contributed by atoms with Gasteiger partial charge in [-0.3, -0.25) is 0 Å². The molecule has 0 saturated carbocycles. The molecule has 0 radical (unpaired) electrons. The molecular formula is C11H14O4. The van der Waals surface area contributed by atoms with Crippen LogP contribution in [-0.2, 0) is 0 Å². The summed E-state index contributed by atoms with van der Waals surface area (Å²) in [6, 6.07) is 3.94. The van der Waals surface area contributed by atoms with Gasteiger partial charge in [-0.25, -0.2) is 4.79 Å². The topological polar surface area (TPSA) is 66.8 Å². The Labute approximate surface area is 88.1 Å². The lowest BCUT2D eigenvalue weighted by Gasteiger charge is -2.22. The van der Waals surface area contributed by atoms with Gasteiger partial charge in [-0.1, -0.05) is 0 Å². The summed E-state index contributed by atoms with van der Waals surface area (Å²) >= 11 is 0. The van der Waals surface area contributed by atoms with Crippen molar-refractivity contribution in [2.45, 2.75) is 26.4 Å². The Balaban J connectivity index is 3.13. The van der Waals surface area contributed by atoms with Gasteiger partial charge in [0.15, 0.2) is 0 Å². The van der Waals surface area contributed by atoms with Gasteiger partial charge in [0.2, 0.25) is 0 Å². The van der Waals surface area contributed by atoms with E-state index in [4.69, 9.17) is 9.84 Å². The first-order valence-corrected chi connectivity index (χ1v) is 4.55. The van der Waals surface area contributed by atoms with Gasteiger partial charge < -0.3 is 14.9 Å². The third-order valence-electron chi connectivity index (χ3n) is 1.61. The smallest absolute Gasteiger partial charge is 0.339 e. The number of carbonyl (C=O) groups is 1. The molecule has 1 rings (SSSR count). The molecule has 15 heavy (non-hydrogen) atoms. The van der Waals surface area contributed by atoms with Crippen molar-refractivity contribution >= 4 is 5.97 Å². The first-order chi connectivity index (χ1) is 6.79. The minimum absolute atomic E-state index is 0.0146. The summed E-state index contributed by atoms with van der Waals surface area (Å²) in [6.07, 6.45) is 0. The maximum absolute atomic E-state index is 10.9. The zero-order valence-corrected chi connectivity index (χ0v) is 8.94. The van der Waals surface area contributed by atoms with Crippen LogP contribution in [0.5, 0.6) is 11.5 Å². The Morgan fingerprint density at radius 1 is 1.33 bits per heavy atom. The first-order valence-electron chi connectivity index (χ1n) is 4.55. The lowest BCUT2D eigenvalue weighted by Crippen LogP contribution is -2.24. The van der Waals surface area contributed by atoms with Gasteiger partial charge in [0.05, 0.1) is 0 Å². The molecule has 0 amide bonds. The highest BCUT2D eigenvalue weighted by atomic mass is 16.5. The molecule has 0 heterocycles. The molecule has 0 aromatic heterocycles. The molecular weight excluding hydrogens is 196 g/mol. The van der Waals surface area contributed by atoms with Crippen molar-refractivity contribution in [2.75, 3.05) is 0 Å². The lowest BCUT2D eigenvalue weighted by molar-refractivity contribution is 0.0681. The Morgan fingerprint density at radius 2 is 1.93 bits per heavy atom. The fourth-order valence-electron chi connectivity index (χ4n) is 1.10. The number of carboxylic acid groups (broad SMARTS) is 1. The highest BCUT2D eigenvalue weighted by molar-refractivity contribution is 5.91. The predicted octanol–water partition coefficient (Wildman–Crippen LogP) is 2.27. The molecule has 0 bridgehead atoms. The number of ether oxygens (including phenoxy) is 1. The summed E-state index contributed by atoms with van der Waals surface area (Å²) in [5.74, 6) is -0.913. The van der Waals surface area contributed by atoms with Crippen LogP contribution in [0.1, 0.15) is 31.1 Å². The Bertz CT molecular complexity index is 377. The minimum Gasteiger partial charge on any atom is -0.508 e. The van der Waals surface area contributed by atoms with E-state index in [0.717, 1.165) is 0 Å². The van der Waals surface area contributed by atoms with Crippen LogP contribution in [0.15, 0.2) is 18.2 Å². The summed E-state index contributed by atoms with van der Waals surface area (Å²) in [6.45, 7) is 5.42. The molecule has 0 unspecified atom stereocenters. The van der Waals surface area contributed by atoms with Crippen LogP contribution in [-0.4, -0.2) is 21.8 Å². The van der Waals surface area contributed by atoms with E-state index in [1.165, 1.54) is 18.2 Å². The van der Waals surface area contributed by atoms with Gasteiger partial charge in [0.1, 0.15) is 22.7 Å². The van der Waals surface area contributed by atoms with E-state index in [-0.39, 0.29) is 17.1 Å². The number of phenolic OH excluding ortho intramolecular Hbond substituents is 1. The quantitative estimate of drug-likeness (QED) is 0.785. The number of aromatic hydroxyl groups is 1. The normalized spacial score (nSPS) is 11.1. The van der Waals surface area contributed by atoms with Gasteiger partial charge in [-0.05, 0) is 32.9 Å². The molecule has 0 aliphatic heterocycles. The molecule has 0 saturated heterocycles. The molecule has 0 fully saturated rings. The Hall–Kier alpha value is -1.71. The van der Waals surface area contributed by atoms with Crippen molar-refractivity contribution in [1.29, 1.82) is 0 Å². The van der Waals surface area contributed by atoms with Gasteiger partial charge >= 0.3 is 5.97 Å². The fraction of sp³-hybridized carbons (Fsp3) is 0.364. The largest absolute Gasteiger partial charge is 0.508 e. The van der Waals surface area contributed by atoms with Crippen LogP contribution in [0, 0.1) is 0 Å². The van der Waals surface area contributed by atoms with Crippen LogP contribution < -0.4 is 4.74 Å². The second kappa shape index (κ2) is 3.81. The average molecular weight is 210 g/mol. The molecule has 0 aliphatic carbocycles. The zero-order valence-electron chi connectivity index (χ0n) is 8.94. The monoisotopic (exact) mass is 210 g/mol. The molecule has 82 valence electrons. The number of phenols is 1. The van der Waals surface area contributed by atoms with E-state index in [0.29, 0.717) is 0 Å². The first kappa shape index (κ1) is 11.4. The molecule has 0 atom stereocenters. The standard InChI is InChI=1S/C11H14O4/c1-11(2,3)15-9-6-7(12)4-5-8(9)10(13)14/h4-6,12H,1-3H3,(H,13,14). The summed E-state index contributed by atoms with van der Waals surface area (Å²) in [5.41, 5.74) is -0.458. The van der Waals surface area contributed by atoms with E-state index in [9.17, 15) is 9.90 Å². The highest BCUT2D eigenvalue weighted by Crippen LogP contribution is 2.27. The second-order valence-electron chi connectivity index (χ2n) is 4.20. The van der Waals surface area contributed by atoms with Crippen molar-refractivity contribution in [3.63, 3.8) is 0 Å².